The zero-order valence-corrected chi connectivity index (χ0v) is 24.0. The molecule has 1 saturated heterocycles. The smallest absolute Gasteiger partial charge is 0.362 e. The molecule has 2 aromatic rings. The minimum atomic E-state index is -5.22. The maximum atomic E-state index is 13.1. The number of aliphatic carboxylic acids is 1. The molecule has 2 atom stereocenters. The summed E-state index contributed by atoms with van der Waals surface area (Å²) in [7, 11) is -5.22. The van der Waals surface area contributed by atoms with Crippen LogP contribution in [0.3, 0.4) is 0 Å². The molecule has 21 nitrogen and oxygen atoms in total. The first-order chi connectivity index (χ1) is 20.3. The number of carbonyl (C=O) groups excluding carboxylic acids is 4. The number of aromatic nitrogens is 2. The molecule has 0 aliphatic carbocycles. The zero-order valence-electron chi connectivity index (χ0n) is 22.4. The summed E-state index contributed by atoms with van der Waals surface area (Å²) in [4.78, 5) is 81.7. The maximum Gasteiger partial charge on any atom is 0.362 e. The van der Waals surface area contributed by atoms with E-state index >= 15 is 0 Å². The van der Waals surface area contributed by atoms with Crippen molar-refractivity contribution in [3.63, 3.8) is 0 Å². The third kappa shape index (κ3) is 7.37. The van der Waals surface area contributed by atoms with E-state index in [0.717, 1.165) is 25.2 Å². The fourth-order valence-corrected chi connectivity index (χ4v) is 4.70. The molecule has 23 heteroatoms. The first kappa shape index (κ1) is 33.2. The summed E-state index contributed by atoms with van der Waals surface area (Å²) < 4.78 is 37.9. The molecule has 3 rings (SSSR count). The summed E-state index contributed by atoms with van der Waals surface area (Å²) in [6.45, 7) is 0.372. The molecule has 1 fully saturated rings. The highest BCUT2D eigenvalue weighted by Crippen LogP contribution is 2.25. The number of nitrogen functional groups attached to an aromatic ring is 1. The number of nitrogens with two attached hydrogens (primary N) is 1. The number of pyridine rings is 1. The number of rotatable bonds is 12. The van der Waals surface area contributed by atoms with Gasteiger partial charge < -0.3 is 41.4 Å². The molecule has 2 aromatic heterocycles. The molecule has 8 N–H and O–H groups in total. The molecule has 3 heterocycles. The number of thiazole rings is 1. The van der Waals surface area contributed by atoms with Crippen LogP contribution in [0.5, 0.6) is 5.75 Å². The third-order valence-electron chi connectivity index (χ3n) is 5.62. The Bertz CT molecular complexity index is 1710. The number of oxime groups is 1. The number of carbonyl (C=O) groups is 5. The molecule has 44 heavy (non-hydrogen) atoms. The van der Waals surface area contributed by atoms with Crippen LogP contribution in [0.15, 0.2) is 27.6 Å². The van der Waals surface area contributed by atoms with E-state index < -0.39 is 93.4 Å². The van der Waals surface area contributed by atoms with Crippen LogP contribution in [0.4, 0.5) is 5.13 Å². The lowest BCUT2D eigenvalue weighted by Gasteiger charge is -2.43. The summed E-state index contributed by atoms with van der Waals surface area (Å²) in [5.74, 6) is -7.29. The average Bonchev–Trinajstić information content (AvgIpc) is 3.34. The highest BCUT2D eigenvalue weighted by atomic mass is 32.2. The number of esters is 1. The Balaban J connectivity index is 1.73. The molecule has 1 aliphatic heterocycles. The first-order valence-electron chi connectivity index (χ1n) is 11.7. The van der Waals surface area contributed by atoms with Crippen molar-refractivity contribution in [2.45, 2.75) is 31.5 Å². The molecule has 0 spiro atoms. The minimum absolute atomic E-state index is 0.0279. The number of amides is 3. The van der Waals surface area contributed by atoms with Gasteiger partial charge in [0.1, 0.15) is 36.6 Å². The van der Waals surface area contributed by atoms with Crippen molar-refractivity contribution < 1.29 is 61.9 Å². The Morgan fingerprint density at radius 1 is 1.25 bits per heavy atom. The number of hydrogen-bond acceptors (Lipinski definition) is 16. The number of hydrogen-bond donors (Lipinski definition) is 7. The van der Waals surface area contributed by atoms with Crippen LogP contribution < -0.4 is 21.8 Å². The molecule has 1 aliphatic rings. The van der Waals surface area contributed by atoms with Gasteiger partial charge >= 0.3 is 22.2 Å². The molecule has 0 radical (unpaired) electrons. The number of anilines is 1. The topological polar surface area (TPSA) is 319 Å². The monoisotopic (exact) mass is 661 g/mol. The van der Waals surface area contributed by atoms with E-state index in [1.807, 2.05) is 5.32 Å². The SMILES string of the molecule is CC(C)(O/N=C(\C(=O)N[C@@H]1C(=O)N(S(=O)(=O)O)[C@@H]1COC(=O)CNC(=O)c1cc(=O)c(O)cn1O)c1csc(N)n1)C(=O)O. The number of β-lactam (4-membered cyclic amide) rings is 1. The Kier molecular flexibility index (Phi) is 9.45. The van der Waals surface area contributed by atoms with Crippen molar-refractivity contribution in [3.8, 4) is 5.75 Å². The summed E-state index contributed by atoms with van der Waals surface area (Å²) in [5.41, 5.74) is 1.10. The van der Waals surface area contributed by atoms with E-state index in [-0.39, 0.29) is 19.9 Å². The number of carboxylic acids is 1. The van der Waals surface area contributed by atoms with Gasteiger partial charge in [-0.05, 0) is 13.8 Å². The van der Waals surface area contributed by atoms with Crippen LogP contribution in [0.25, 0.3) is 0 Å². The molecule has 0 unspecified atom stereocenters. The maximum absolute atomic E-state index is 13.1. The van der Waals surface area contributed by atoms with Gasteiger partial charge in [0.15, 0.2) is 16.6 Å². The van der Waals surface area contributed by atoms with Crippen LogP contribution in [0, 0.1) is 0 Å². The second-order valence-corrected chi connectivity index (χ2v) is 11.3. The van der Waals surface area contributed by atoms with E-state index in [9.17, 15) is 57.2 Å². The van der Waals surface area contributed by atoms with Gasteiger partial charge in [0.2, 0.25) is 11.0 Å². The molecular weight excluding hydrogens is 638 g/mol. The highest BCUT2D eigenvalue weighted by molar-refractivity contribution is 7.84. The summed E-state index contributed by atoms with van der Waals surface area (Å²) in [6, 6.07) is -2.89. The predicted octanol–water partition coefficient (Wildman–Crippen LogP) is -3.11. The Morgan fingerprint density at radius 2 is 1.91 bits per heavy atom. The molecule has 3 amide bonds. The van der Waals surface area contributed by atoms with Gasteiger partial charge in [-0.2, -0.15) is 13.1 Å². The van der Waals surface area contributed by atoms with Gasteiger partial charge in [-0.25, -0.2) is 14.1 Å². The lowest BCUT2D eigenvalue weighted by atomic mass is 9.99. The van der Waals surface area contributed by atoms with Crippen LogP contribution >= 0.6 is 11.3 Å². The van der Waals surface area contributed by atoms with Gasteiger partial charge in [-0.3, -0.25) is 28.5 Å². The van der Waals surface area contributed by atoms with Gasteiger partial charge in [0, 0.05) is 11.4 Å². The zero-order chi connectivity index (χ0) is 33.1. The van der Waals surface area contributed by atoms with Crippen LogP contribution in [-0.2, 0) is 39.1 Å². The molecule has 238 valence electrons. The number of ether oxygens (including phenoxy) is 1. The van der Waals surface area contributed by atoms with Crippen molar-refractivity contribution in [3.05, 3.63) is 39.3 Å². The summed E-state index contributed by atoms with van der Waals surface area (Å²) in [5, 5.41) is 37.0. The quantitative estimate of drug-likeness (QED) is 0.0295. The average molecular weight is 662 g/mol. The van der Waals surface area contributed by atoms with Gasteiger partial charge in [-0.15, -0.1) is 11.3 Å². The number of carboxylic acid groups (broad SMARTS) is 1. The van der Waals surface area contributed by atoms with Crippen molar-refractivity contribution in [1.29, 1.82) is 0 Å². The van der Waals surface area contributed by atoms with Crippen LogP contribution in [0.1, 0.15) is 30.0 Å². The van der Waals surface area contributed by atoms with E-state index in [0.29, 0.717) is 12.3 Å². The van der Waals surface area contributed by atoms with E-state index in [1.165, 1.54) is 5.38 Å². The van der Waals surface area contributed by atoms with E-state index in [4.69, 9.17) is 15.3 Å². The van der Waals surface area contributed by atoms with Crippen molar-refractivity contribution >= 4 is 62.1 Å². The second kappa shape index (κ2) is 12.5. The lowest BCUT2D eigenvalue weighted by molar-refractivity contribution is -0.161. The van der Waals surface area contributed by atoms with Crippen molar-refractivity contribution in [1.82, 2.24) is 24.7 Å². The molecular formula is C21H23N7O14S2. The van der Waals surface area contributed by atoms with Crippen LogP contribution in [-0.4, -0.2) is 109 Å². The Hall–Kier alpha value is -5.29. The van der Waals surface area contributed by atoms with Crippen LogP contribution in [0.2, 0.25) is 0 Å². The molecule has 0 saturated carbocycles. The van der Waals surface area contributed by atoms with Crippen molar-refractivity contribution in [2.24, 2.45) is 5.16 Å². The third-order valence-corrected chi connectivity index (χ3v) is 7.24. The number of aromatic hydroxyl groups is 1. The van der Waals surface area contributed by atoms with E-state index in [2.05, 4.69) is 15.5 Å². The molecule has 0 aromatic carbocycles. The fraction of sp³-hybridized carbons (Fsp3) is 0.333. The summed E-state index contributed by atoms with van der Waals surface area (Å²) in [6.07, 6.45) is 0.528. The van der Waals surface area contributed by atoms with Gasteiger partial charge in [0.05, 0.1) is 6.20 Å². The minimum Gasteiger partial charge on any atom is -0.503 e. The van der Waals surface area contributed by atoms with E-state index in [1.54, 1.807) is 0 Å². The normalized spacial score (nSPS) is 16.9. The fourth-order valence-electron chi connectivity index (χ4n) is 3.29. The van der Waals surface area contributed by atoms with Gasteiger partial charge in [0.25, 0.3) is 17.7 Å². The Morgan fingerprint density at radius 3 is 2.48 bits per heavy atom. The number of nitrogens with one attached hydrogen (secondary N) is 2. The first-order valence-corrected chi connectivity index (χ1v) is 14.0. The number of nitrogens with zero attached hydrogens (tertiary/aromatic N) is 4. The van der Waals surface area contributed by atoms with Gasteiger partial charge in [-0.1, -0.05) is 5.16 Å². The Labute approximate surface area is 249 Å². The molecule has 0 bridgehead atoms. The standard InChI is InChI=1S/C21H23N7O14S2/c1-21(2,19(35)36)42-26-14(8-7-43-20(22)24-8)17(33)25-15-10(28(18(15)34)44(38,39)40)6-41-13(31)4-23-16(32)9-3-11(29)12(30)5-27(9)37/h3,5,7,10,15,30,37H,4,6H2,1-2H3,(H2,22,24)(H,23,32)(H,25,33)(H,35,36)(H,38,39,40)/b26-14-/t10-,15+/m1/s1. The largest absolute Gasteiger partial charge is 0.503 e. The van der Waals surface area contributed by atoms with Crippen molar-refractivity contribution in [2.75, 3.05) is 18.9 Å². The summed E-state index contributed by atoms with van der Waals surface area (Å²) >= 11 is 0.869. The highest BCUT2D eigenvalue weighted by Gasteiger charge is 2.55. The lowest BCUT2D eigenvalue weighted by Crippen LogP contribution is -2.73. The predicted molar refractivity (Wildman–Crippen MR) is 143 cm³/mol. The second-order valence-electron chi connectivity index (χ2n) is 9.17.